The van der Waals surface area contributed by atoms with Crippen molar-refractivity contribution in [1.29, 1.82) is 0 Å². The van der Waals surface area contributed by atoms with Crippen molar-refractivity contribution in [3.05, 3.63) is 11.6 Å². The predicted molar refractivity (Wildman–Crippen MR) is 34.2 cm³/mol. The van der Waals surface area contributed by atoms with Crippen LogP contribution in [-0.4, -0.2) is 18.5 Å². The second kappa shape index (κ2) is 1.95. The molecule has 9 heavy (non-hydrogen) atoms. The highest BCUT2D eigenvalue weighted by Crippen LogP contribution is 2.23. The standard InChI is InChI=1S/C7H10O2/c1-6-3-4-9-7(6,2)5-8/h3,5H,4H2,1-2H3. The fourth-order valence-corrected chi connectivity index (χ4v) is 0.783. The summed E-state index contributed by atoms with van der Waals surface area (Å²) in [6.07, 6.45) is 2.76. The topological polar surface area (TPSA) is 26.3 Å². The number of rotatable bonds is 1. The average molecular weight is 126 g/mol. The van der Waals surface area contributed by atoms with Crippen LogP contribution in [0.3, 0.4) is 0 Å². The van der Waals surface area contributed by atoms with Crippen LogP contribution in [0.4, 0.5) is 0 Å². The lowest BCUT2D eigenvalue weighted by atomic mass is 10.0. The van der Waals surface area contributed by atoms with Crippen molar-refractivity contribution < 1.29 is 9.53 Å². The minimum atomic E-state index is -0.625. The van der Waals surface area contributed by atoms with E-state index < -0.39 is 5.60 Å². The minimum absolute atomic E-state index is 0.571. The Balaban J connectivity index is 2.82. The summed E-state index contributed by atoms with van der Waals surface area (Å²) in [6.45, 7) is 4.25. The molecule has 0 amide bonds. The zero-order chi connectivity index (χ0) is 6.91. The lowest BCUT2D eigenvalue weighted by Gasteiger charge is -2.16. The van der Waals surface area contributed by atoms with E-state index in [1.54, 1.807) is 6.92 Å². The summed E-state index contributed by atoms with van der Waals surface area (Å²) >= 11 is 0. The molecule has 1 aliphatic rings. The lowest BCUT2D eigenvalue weighted by Crippen LogP contribution is -2.27. The first-order valence-corrected chi connectivity index (χ1v) is 2.96. The summed E-state index contributed by atoms with van der Waals surface area (Å²) in [5.41, 5.74) is 0.387. The Hall–Kier alpha value is -0.630. The third-order valence-corrected chi connectivity index (χ3v) is 1.78. The van der Waals surface area contributed by atoms with Gasteiger partial charge in [0.05, 0.1) is 6.61 Å². The molecular formula is C7H10O2. The zero-order valence-corrected chi connectivity index (χ0v) is 5.68. The Morgan fingerprint density at radius 3 is 2.78 bits per heavy atom. The maximum absolute atomic E-state index is 10.4. The van der Waals surface area contributed by atoms with E-state index in [2.05, 4.69) is 0 Å². The van der Waals surface area contributed by atoms with Gasteiger partial charge in [-0.3, -0.25) is 4.79 Å². The van der Waals surface area contributed by atoms with E-state index in [1.165, 1.54) is 0 Å². The maximum atomic E-state index is 10.4. The molecule has 1 aliphatic heterocycles. The molecule has 50 valence electrons. The molecule has 1 rings (SSSR count). The highest BCUT2D eigenvalue weighted by Gasteiger charge is 2.29. The van der Waals surface area contributed by atoms with Crippen LogP contribution in [0.5, 0.6) is 0 Å². The zero-order valence-electron chi connectivity index (χ0n) is 5.68. The number of hydrogen-bond acceptors (Lipinski definition) is 2. The van der Waals surface area contributed by atoms with E-state index in [-0.39, 0.29) is 0 Å². The van der Waals surface area contributed by atoms with Crippen LogP contribution in [-0.2, 0) is 9.53 Å². The highest BCUT2D eigenvalue weighted by atomic mass is 16.5. The van der Waals surface area contributed by atoms with Gasteiger partial charge in [-0.15, -0.1) is 0 Å². The van der Waals surface area contributed by atoms with Crippen LogP contribution < -0.4 is 0 Å². The van der Waals surface area contributed by atoms with Crippen molar-refractivity contribution >= 4 is 6.29 Å². The Kier molecular flexibility index (Phi) is 1.41. The lowest BCUT2D eigenvalue weighted by molar-refractivity contribution is -0.121. The molecule has 0 aliphatic carbocycles. The SMILES string of the molecule is CC1=CCOC1(C)C=O. The van der Waals surface area contributed by atoms with Gasteiger partial charge in [0.1, 0.15) is 5.60 Å². The quantitative estimate of drug-likeness (QED) is 0.386. The highest BCUT2D eigenvalue weighted by molar-refractivity contribution is 5.68. The monoisotopic (exact) mass is 126 g/mol. The van der Waals surface area contributed by atoms with Gasteiger partial charge in [-0.2, -0.15) is 0 Å². The number of ether oxygens (including phenoxy) is 1. The van der Waals surface area contributed by atoms with E-state index in [0.717, 1.165) is 11.9 Å². The summed E-state index contributed by atoms with van der Waals surface area (Å²) in [7, 11) is 0. The fourth-order valence-electron chi connectivity index (χ4n) is 0.783. The second-order valence-electron chi connectivity index (χ2n) is 2.42. The predicted octanol–water partition coefficient (Wildman–Crippen LogP) is 0.920. The number of hydrogen-bond donors (Lipinski definition) is 0. The first-order valence-electron chi connectivity index (χ1n) is 2.96. The average Bonchev–Trinajstić information content (AvgIpc) is 2.15. The van der Waals surface area contributed by atoms with Crippen molar-refractivity contribution in [3.63, 3.8) is 0 Å². The van der Waals surface area contributed by atoms with Crippen LogP contribution in [0, 0.1) is 0 Å². The van der Waals surface area contributed by atoms with Crippen LogP contribution in [0.1, 0.15) is 13.8 Å². The van der Waals surface area contributed by atoms with Gasteiger partial charge >= 0.3 is 0 Å². The van der Waals surface area contributed by atoms with Crippen molar-refractivity contribution in [1.82, 2.24) is 0 Å². The third kappa shape index (κ3) is 0.900. The van der Waals surface area contributed by atoms with Gasteiger partial charge in [0, 0.05) is 0 Å². The van der Waals surface area contributed by atoms with E-state index in [4.69, 9.17) is 4.74 Å². The molecule has 0 fully saturated rings. The summed E-state index contributed by atoms with van der Waals surface area (Å²) in [4.78, 5) is 10.4. The third-order valence-electron chi connectivity index (χ3n) is 1.78. The van der Waals surface area contributed by atoms with Gasteiger partial charge < -0.3 is 4.74 Å². The number of carbonyl (C=O) groups is 1. The molecule has 2 heteroatoms. The molecule has 0 radical (unpaired) electrons. The fraction of sp³-hybridized carbons (Fsp3) is 0.571. The van der Waals surface area contributed by atoms with Gasteiger partial charge in [0.2, 0.25) is 0 Å². The Labute approximate surface area is 54.5 Å². The summed E-state index contributed by atoms with van der Waals surface area (Å²) in [5.74, 6) is 0. The molecule has 0 aromatic carbocycles. The van der Waals surface area contributed by atoms with Gasteiger partial charge in [0.25, 0.3) is 0 Å². The molecule has 0 bridgehead atoms. The maximum Gasteiger partial charge on any atom is 0.155 e. The van der Waals surface area contributed by atoms with E-state index in [0.29, 0.717) is 6.61 Å². The molecule has 0 spiro atoms. The molecule has 0 N–H and O–H groups in total. The smallest absolute Gasteiger partial charge is 0.155 e. The number of aldehydes is 1. The minimum Gasteiger partial charge on any atom is -0.359 e. The molecule has 0 saturated heterocycles. The molecule has 0 aromatic heterocycles. The molecule has 0 aromatic rings. The molecule has 1 atom stereocenters. The molecule has 2 nitrogen and oxygen atoms in total. The molecular weight excluding hydrogens is 116 g/mol. The first-order chi connectivity index (χ1) is 4.19. The molecule has 0 saturated carbocycles. The van der Waals surface area contributed by atoms with Crippen molar-refractivity contribution in [2.24, 2.45) is 0 Å². The van der Waals surface area contributed by atoms with Crippen molar-refractivity contribution in [2.45, 2.75) is 19.4 Å². The van der Waals surface area contributed by atoms with E-state index in [1.807, 2.05) is 13.0 Å². The summed E-state index contributed by atoms with van der Waals surface area (Å²) in [5, 5.41) is 0. The van der Waals surface area contributed by atoms with Gasteiger partial charge in [0.15, 0.2) is 6.29 Å². The normalized spacial score (nSPS) is 34.2. The molecule has 1 unspecified atom stereocenters. The van der Waals surface area contributed by atoms with Crippen LogP contribution in [0.25, 0.3) is 0 Å². The summed E-state index contributed by atoms with van der Waals surface area (Å²) in [6, 6.07) is 0. The van der Waals surface area contributed by atoms with Gasteiger partial charge in [-0.05, 0) is 19.4 Å². The van der Waals surface area contributed by atoms with Crippen molar-refractivity contribution in [2.75, 3.05) is 6.61 Å². The molecule has 1 heterocycles. The Bertz CT molecular complexity index is 160. The number of carbonyl (C=O) groups excluding carboxylic acids is 1. The van der Waals surface area contributed by atoms with Crippen molar-refractivity contribution in [3.8, 4) is 0 Å². The summed E-state index contributed by atoms with van der Waals surface area (Å²) < 4.78 is 5.14. The first kappa shape index (κ1) is 6.49. The Morgan fingerprint density at radius 1 is 1.89 bits per heavy atom. The van der Waals surface area contributed by atoms with Crippen LogP contribution >= 0.6 is 0 Å². The van der Waals surface area contributed by atoms with Crippen LogP contribution in [0.2, 0.25) is 0 Å². The van der Waals surface area contributed by atoms with E-state index in [9.17, 15) is 4.79 Å². The van der Waals surface area contributed by atoms with Gasteiger partial charge in [-0.1, -0.05) is 6.08 Å². The van der Waals surface area contributed by atoms with E-state index >= 15 is 0 Å². The Morgan fingerprint density at radius 2 is 2.56 bits per heavy atom. The van der Waals surface area contributed by atoms with Gasteiger partial charge in [-0.25, -0.2) is 0 Å². The van der Waals surface area contributed by atoms with Crippen LogP contribution in [0.15, 0.2) is 11.6 Å². The largest absolute Gasteiger partial charge is 0.359 e. The second-order valence-corrected chi connectivity index (χ2v) is 2.42.